The molecule has 0 bridgehead atoms. The number of hydrogen-bond acceptors (Lipinski definition) is 0. The van der Waals surface area contributed by atoms with Crippen molar-refractivity contribution in [1.29, 1.82) is 0 Å². The van der Waals surface area contributed by atoms with Crippen molar-refractivity contribution in [2.75, 3.05) is 0 Å². The van der Waals surface area contributed by atoms with Gasteiger partial charge in [-0.3, -0.25) is 0 Å². The summed E-state index contributed by atoms with van der Waals surface area (Å²) in [7, 11) is 0. The Balaban J connectivity index is 0.00000176. The molecule has 0 aromatic heterocycles. The first-order valence-corrected chi connectivity index (χ1v) is 7.86. The van der Waals surface area contributed by atoms with Crippen LogP contribution >= 0.6 is 0 Å². The zero-order valence-electron chi connectivity index (χ0n) is 16.6. The van der Waals surface area contributed by atoms with Crippen molar-refractivity contribution in [3.8, 4) is 11.1 Å². The largest absolute Gasteiger partial charge is 0.358 e. The normalized spacial score (nSPS) is 12.2. The van der Waals surface area contributed by atoms with E-state index in [0.29, 0.717) is 0 Å². The van der Waals surface area contributed by atoms with Crippen LogP contribution in [0.1, 0.15) is 63.8 Å². The average molecular weight is 486 g/mol. The molecule has 0 N–H and O–H groups in total. The molecule has 0 nitrogen and oxygen atoms in total. The average Bonchev–Trinajstić information content (AvgIpc) is 2.73. The summed E-state index contributed by atoms with van der Waals surface area (Å²) in [5, 5.41) is 0. The Morgan fingerprint density at radius 2 is 1.38 bits per heavy atom. The third-order valence-corrected chi connectivity index (χ3v) is 4.46. The van der Waals surface area contributed by atoms with Gasteiger partial charge in [0.25, 0.3) is 0 Å². The Hall–Kier alpha value is -0.690. The van der Waals surface area contributed by atoms with Gasteiger partial charge < -0.3 is 14.9 Å². The maximum Gasteiger partial charge on any atom is 0 e. The van der Waals surface area contributed by atoms with Crippen LogP contribution in [0.15, 0.2) is 30.3 Å². The minimum atomic E-state index is 0. The first-order valence-electron chi connectivity index (χ1n) is 7.86. The molecule has 0 fully saturated rings. The molecule has 0 spiro atoms. The monoisotopic (exact) mass is 487 g/mol. The van der Waals surface area contributed by atoms with Crippen molar-refractivity contribution in [2.24, 2.45) is 0 Å². The van der Waals surface area contributed by atoms with Crippen LogP contribution in [0, 0.1) is 20.9 Å². The molecule has 1 aliphatic rings. The Bertz CT molecular complexity index is 635. The summed E-state index contributed by atoms with van der Waals surface area (Å²) in [5.74, 6) is 0. The number of fused-ring (bicyclic) bond motifs is 3. The topological polar surface area (TPSA) is 0 Å². The molecule has 1 heteroatoms. The molecule has 130 valence electrons. The van der Waals surface area contributed by atoms with Crippen molar-refractivity contribution < 1.29 is 25.8 Å². The van der Waals surface area contributed by atoms with E-state index in [1.54, 1.807) is 0 Å². The van der Waals surface area contributed by atoms with E-state index in [4.69, 9.17) is 0 Å². The van der Waals surface area contributed by atoms with Crippen LogP contribution in [0.4, 0.5) is 0 Å². The molecule has 1 aliphatic carbocycles. The van der Waals surface area contributed by atoms with E-state index in [2.05, 4.69) is 77.9 Å². The molecule has 0 radical (unpaired) electrons. The van der Waals surface area contributed by atoms with Crippen molar-refractivity contribution in [3.63, 3.8) is 0 Å². The summed E-state index contributed by atoms with van der Waals surface area (Å²) in [6.45, 7) is 13.6. The van der Waals surface area contributed by atoms with Crippen LogP contribution in [-0.2, 0) is 43.1 Å². The predicted molar refractivity (Wildman–Crippen MR) is 104 cm³/mol. The summed E-state index contributed by atoms with van der Waals surface area (Å²) < 4.78 is 0. The van der Waals surface area contributed by atoms with Gasteiger partial charge in [-0.05, 0) is 28.4 Å². The molecular weight excluding hydrogens is 455 g/mol. The van der Waals surface area contributed by atoms with E-state index in [1.807, 2.05) is 0 Å². The van der Waals surface area contributed by atoms with Gasteiger partial charge in [0.2, 0.25) is 0 Å². The van der Waals surface area contributed by atoms with Gasteiger partial charge >= 0.3 is 0 Å². The Morgan fingerprint density at radius 3 is 1.92 bits per heavy atom. The maximum absolute atomic E-state index is 3.67. The van der Waals surface area contributed by atoms with Gasteiger partial charge in [-0.2, -0.15) is 23.8 Å². The fraction of sp³-hybridized carbons (Fsp3) is 0.391. The molecule has 0 saturated heterocycles. The predicted octanol–water partition coefficient (Wildman–Crippen LogP) is 6.55. The second kappa shape index (κ2) is 7.68. The second-order valence-corrected chi connectivity index (χ2v) is 8.31. The van der Waals surface area contributed by atoms with Gasteiger partial charge in [0, 0.05) is 25.8 Å². The van der Waals surface area contributed by atoms with Crippen LogP contribution in [0.3, 0.4) is 0 Å². The molecule has 0 amide bonds. The van der Waals surface area contributed by atoms with E-state index in [9.17, 15) is 0 Å². The van der Waals surface area contributed by atoms with Crippen molar-refractivity contribution in [1.82, 2.24) is 0 Å². The number of hydrogen-bond donors (Lipinski definition) is 0. The fourth-order valence-corrected chi connectivity index (χ4v) is 3.03. The maximum atomic E-state index is 3.67. The van der Waals surface area contributed by atoms with E-state index < -0.39 is 0 Å². The van der Waals surface area contributed by atoms with Gasteiger partial charge in [0.05, 0.1) is 0 Å². The van der Waals surface area contributed by atoms with E-state index in [0.717, 1.165) is 6.42 Å². The van der Waals surface area contributed by atoms with Crippen LogP contribution in [0.2, 0.25) is 0 Å². The number of rotatable bonds is 0. The summed E-state index contributed by atoms with van der Waals surface area (Å²) in [6, 6.07) is 15.2. The standard InChI is InChI=1S/C21H25.2CH3.Hf/c1-20(2,3)16-7-9-18-14(12-16)11-15-13-17(21(4,5)6)8-10-19(15)18;;;/h7-10,12H,11H2,1-6H3;2*1H3;/q3*-1;. The van der Waals surface area contributed by atoms with E-state index in [1.165, 1.54) is 33.4 Å². The minimum Gasteiger partial charge on any atom is -0.358 e. The Kier molecular flexibility index (Phi) is 7.46. The third-order valence-electron chi connectivity index (χ3n) is 4.46. The summed E-state index contributed by atoms with van der Waals surface area (Å²) in [5.41, 5.74) is 8.70. The molecule has 0 saturated carbocycles. The number of benzene rings is 2. The van der Waals surface area contributed by atoms with Crippen LogP contribution < -0.4 is 0 Å². The first-order chi connectivity index (χ1) is 9.66. The second-order valence-electron chi connectivity index (χ2n) is 8.31. The fourth-order valence-electron chi connectivity index (χ4n) is 3.03. The molecule has 3 rings (SSSR count). The summed E-state index contributed by atoms with van der Waals surface area (Å²) in [6.07, 6.45) is 1.03. The van der Waals surface area contributed by atoms with Crippen LogP contribution in [0.5, 0.6) is 0 Å². The summed E-state index contributed by atoms with van der Waals surface area (Å²) in [4.78, 5) is 0. The molecule has 0 aliphatic heterocycles. The van der Waals surface area contributed by atoms with Crippen molar-refractivity contribution >= 4 is 0 Å². The Labute approximate surface area is 168 Å². The van der Waals surface area contributed by atoms with Crippen LogP contribution in [0.25, 0.3) is 11.1 Å². The molecule has 0 atom stereocenters. The summed E-state index contributed by atoms with van der Waals surface area (Å²) >= 11 is 0. The molecule has 0 heterocycles. The van der Waals surface area contributed by atoms with Gasteiger partial charge in [0.15, 0.2) is 0 Å². The molecular formula is C23H31Hf-3. The van der Waals surface area contributed by atoms with Gasteiger partial charge in [-0.1, -0.05) is 65.3 Å². The minimum absolute atomic E-state index is 0. The third kappa shape index (κ3) is 4.28. The molecule has 2 aromatic rings. The van der Waals surface area contributed by atoms with Gasteiger partial charge in [-0.15, -0.1) is 11.1 Å². The van der Waals surface area contributed by atoms with E-state index >= 15 is 0 Å². The zero-order valence-corrected chi connectivity index (χ0v) is 20.2. The van der Waals surface area contributed by atoms with E-state index in [-0.39, 0.29) is 51.5 Å². The smallest absolute Gasteiger partial charge is 0 e. The van der Waals surface area contributed by atoms with Crippen LogP contribution in [-0.4, -0.2) is 0 Å². The molecule has 24 heavy (non-hydrogen) atoms. The SMILES string of the molecule is CC(C)(C)c1[c-]c2c(cc1)-c1ccc(C(C)(C)C)cc1C2.[CH3-].[CH3-].[Hf]. The van der Waals surface area contributed by atoms with Crippen molar-refractivity contribution in [3.05, 3.63) is 73.5 Å². The molecule has 0 unspecified atom stereocenters. The van der Waals surface area contributed by atoms with Gasteiger partial charge in [0.1, 0.15) is 0 Å². The first kappa shape index (κ1) is 23.3. The zero-order chi connectivity index (χ0) is 15.4. The van der Waals surface area contributed by atoms with Gasteiger partial charge in [-0.25, -0.2) is 0 Å². The van der Waals surface area contributed by atoms with Crippen molar-refractivity contribution in [2.45, 2.75) is 58.8 Å². The Morgan fingerprint density at radius 1 is 0.792 bits per heavy atom. The quantitative estimate of drug-likeness (QED) is 0.250. The molecule has 2 aromatic carbocycles.